The van der Waals surface area contributed by atoms with Gasteiger partial charge in [0, 0.05) is 26.2 Å². The van der Waals surface area contributed by atoms with Crippen LogP contribution in [0, 0.1) is 27.7 Å². The lowest BCUT2D eigenvalue weighted by Gasteiger charge is -2.34. The van der Waals surface area contributed by atoms with Crippen LogP contribution in [0.5, 0.6) is 0 Å². The van der Waals surface area contributed by atoms with Crippen LogP contribution in [-0.2, 0) is 14.8 Å². The number of aryl methyl sites for hydroxylation is 2. The molecule has 0 spiro atoms. The van der Waals surface area contributed by atoms with Crippen LogP contribution in [0.4, 0.5) is 0 Å². The van der Waals surface area contributed by atoms with E-state index >= 15 is 0 Å². The van der Waals surface area contributed by atoms with E-state index in [1.54, 1.807) is 11.0 Å². The van der Waals surface area contributed by atoms with Gasteiger partial charge in [0.2, 0.25) is 15.9 Å². The fraction of sp³-hybridized carbons (Fsp3) is 0.429. The number of nitrogens with zero attached hydrogens (tertiary/aromatic N) is 2. The van der Waals surface area contributed by atoms with E-state index in [1.165, 1.54) is 16.6 Å². The van der Waals surface area contributed by atoms with Crippen molar-refractivity contribution in [3.8, 4) is 0 Å². The molecule has 2 amide bonds. The average Bonchev–Trinajstić information content (AvgIpc) is 3.25. The summed E-state index contributed by atoms with van der Waals surface area (Å²) in [5, 5.41) is 2.52. The molecule has 2 aromatic rings. The number of carbonyl (C=O) groups excluding carboxylic acids is 2. The van der Waals surface area contributed by atoms with Crippen molar-refractivity contribution in [2.75, 3.05) is 32.7 Å². The molecule has 1 aliphatic rings. The molecule has 8 nitrogen and oxygen atoms in total. The van der Waals surface area contributed by atoms with E-state index in [0.717, 1.165) is 22.3 Å². The van der Waals surface area contributed by atoms with Crippen LogP contribution in [-0.4, -0.2) is 62.2 Å². The van der Waals surface area contributed by atoms with Crippen molar-refractivity contribution in [2.24, 2.45) is 0 Å². The molecule has 162 valence electrons. The Balaban J connectivity index is 1.64. The summed E-state index contributed by atoms with van der Waals surface area (Å²) < 4.78 is 33.1. The molecular formula is C21H27N3O5S. The Morgan fingerprint density at radius 2 is 1.63 bits per heavy atom. The van der Waals surface area contributed by atoms with Crippen molar-refractivity contribution in [3.05, 3.63) is 52.5 Å². The quantitative estimate of drug-likeness (QED) is 0.775. The number of hydrogen-bond acceptors (Lipinski definition) is 5. The summed E-state index contributed by atoms with van der Waals surface area (Å²) in [7, 11) is -3.66. The van der Waals surface area contributed by atoms with Gasteiger partial charge >= 0.3 is 0 Å². The van der Waals surface area contributed by atoms with Gasteiger partial charge in [-0.25, -0.2) is 8.42 Å². The Labute approximate surface area is 176 Å². The number of benzene rings is 1. The summed E-state index contributed by atoms with van der Waals surface area (Å²) in [6.45, 7) is 8.30. The van der Waals surface area contributed by atoms with E-state index < -0.39 is 15.9 Å². The van der Waals surface area contributed by atoms with Gasteiger partial charge in [-0.05, 0) is 62.1 Å². The summed E-state index contributed by atoms with van der Waals surface area (Å²) in [5.41, 5.74) is 3.41. The molecular weight excluding hydrogens is 406 g/mol. The van der Waals surface area contributed by atoms with Crippen molar-refractivity contribution in [2.45, 2.75) is 32.6 Å². The summed E-state index contributed by atoms with van der Waals surface area (Å²) in [6, 6.07) is 5.10. The summed E-state index contributed by atoms with van der Waals surface area (Å²) >= 11 is 0. The first-order valence-electron chi connectivity index (χ1n) is 9.80. The number of carbonyl (C=O) groups is 2. The van der Waals surface area contributed by atoms with Gasteiger partial charge in [0.1, 0.15) is 0 Å². The van der Waals surface area contributed by atoms with Gasteiger partial charge in [-0.15, -0.1) is 0 Å². The molecule has 1 aromatic heterocycles. The number of piperazine rings is 1. The third-order valence-electron chi connectivity index (χ3n) is 5.63. The van der Waals surface area contributed by atoms with Gasteiger partial charge in [0.15, 0.2) is 5.76 Å². The number of rotatable bonds is 5. The highest BCUT2D eigenvalue weighted by Crippen LogP contribution is 2.29. The van der Waals surface area contributed by atoms with E-state index in [4.69, 9.17) is 4.42 Å². The second kappa shape index (κ2) is 8.61. The zero-order chi connectivity index (χ0) is 22.1. The van der Waals surface area contributed by atoms with E-state index in [2.05, 4.69) is 5.32 Å². The number of hydrogen-bond donors (Lipinski definition) is 1. The molecule has 9 heteroatoms. The van der Waals surface area contributed by atoms with E-state index in [0.29, 0.717) is 4.90 Å². The van der Waals surface area contributed by atoms with Crippen molar-refractivity contribution in [1.29, 1.82) is 0 Å². The van der Waals surface area contributed by atoms with Crippen LogP contribution in [0.1, 0.15) is 32.8 Å². The minimum atomic E-state index is -3.66. The predicted molar refractivity (Wildman–Crippen MR) is 112 cm³/mol. The number of sulfonamides is 1. The second-order valence-electron chi connectivity index (χ2n) is 7.53. The standard InChI is InChI=1S/C21H27N3O5S/c1-14-12-15(2)17(4)20(16(14)3)30(27,28)24-9-7-23(8-10-24)19(25)13-22-21(26)18-6-5-11-29-18/h5-6,11-12H,7-10,13H2,1-4H3,(H,22,26). The van der Waals surface area contributed by atoms with Crippen LogP contribution in [0.15, 0.2) is 33.8 Å². The summed E-state index contributed by atoms with van der Waals surface area (Å²) in [6.07, 6.45) is 1.38. The molecule has 0 bridgehead atoms. The van der Waals surface area contributed by atoms with E-state index in [9.17, 15) is 18.0 Å². The van der Waals surface area contributed by atoms with Crippen LogP contribution in [0.3, 0.4) is 0 Å². The second-order valence-corrected chi connectivity index (χ2v) is 9.41. The minimum absolute atomic E-state index is 0.137. The molecule has 1 fully saturated rings. The first kappa shape index (κ1) is 22.0. The highest BCUT2D eigenvalue weighted by Gasteiger charge is 2.33. The maximum absolute atomic E-state index is 13.3. The zero-order valence-electron chi connectivity index (χ0n) is 17.7. The fourth-order valence-corrected chi connectivity index (χ4v) is 5.64. The Morgan fingerprint density at radius 3 is 2.17 bits per heavy atom. The third-order valence-corrected chi connectivity index (χ3v) is 7.80. The van der Waals surface area contributed by atoms with Crippen LogP contribution >= 0.6 is 0 Å². The van der Waals surface area contributed by atoms with Crippen molar-refractivity contribution in [3.63, 3.8) is 0 Å². The summed E-state index contributed by atoms with van der Waals surface area (Å²) in [5.74, 6) is -0.584. The molecule has 1 aliphatic heterocycles. The number of furan rings is 1. The molecule has 1 aromatic carbocycles. The number of amides is 2. The SMILES string of the molecule is Cc1cc(C)c(C)c(S(=O)(=O)N2CCN(C(=O)CNC(=O)c3ccco3)CC2)c1C. The first-order valence-corrected chi connectivity index (χ1v) is 11.2. The van der Waals surface area contributed by atoms with Gasteiger partial charge in [-0.2, -0.15) is 4.31 Å². The topological polar surface area (TPSA) is 99.9 Å². The lowest BCUT2D eigenvalue weighted by molar-refractivity contribution is -0.131. The largest absolute Gasteiger partial charge is 0.459 e. The van der Waals surface area contributed by atoms with Gasteiger partial charge in [-0.3, -0.25) is 9.59 Å². The molecule has 1 saturated heterocycles. The Morgan fingerprint density at radius 1 is 1.03 bits per heavy atom. The molecule has 30 heavy (non-hydrogen) atoms. The Bertz CT molecular complexity index is 1030. The van der Waals surface area contributed by atoms with Crippen LogP contribution in [0.25, 0.3) is 0 Å². The van der Waals surface area contributed by atoms with E-state index in [1.807, 2.05) is 33.8 Å². The van der Waals surface area contributed by atoms with Crippen LogP contribution < -0.4 is 5.32 Å². The summed E-state index contributed by atoms with van der Waals surface area (Å²) in [4.78, 5) is 26.2. The molecule has 0 aliphatic carbocycles. The first-order chi connectivity index (χ1) is 14.1. The average molecular weight is 434 g/mol. The fourth-order valence-electron chi connectivity index (χ4n) is 3.64. The van der Waals surface area contributed by atoms with Crippen LogP contribution in [0.2, 0.25) is 0 Å². The molecule has 3 rings (SSSR count). The monoisotopic (exact) mass is 433 g/mol. The van der Waals surface area contributed by atoms with Crippen molar-refractivity contribution in [1.82, 2.24) is 14.5 Å². The molecule has 0 radical (unpaired) electrons. The molecule has 1 N–H and O–H groups in total. The highest BCUT2D eigenvalue weighted by atomic mass is 32.2. The lowest BCUT2D eigenvalue weighted by atomic mass is 10.0. The predicted octanol–water partition coefficient (Wildman–Crippen LogP) is 1.78. The molecule has 0 unspecified atom stereocenters. The third kappa shape index (κ3) is 4.27. The smallest absolute Gasteiger partial charge is 0.287 e. The van der Waals surface area contributed by atoms with Crippen molar-refractivity contribution < 1.29 is 22.4 Å². The van der Waals surface area contributed by atoms with Gasteiger partial charge in [0.25, 0.3) is 5.91 Å². The lowest BCUT2D eigenvalue weighted by Crippen LogP contribution is -2.52. The maximum Gasteiger partial charge on any atom is 0.287 e. The van der Waals surface area contributed by atoms with Crippen molar-refractivity contribution >= 4 is 21.8 Å². The highest BCUT2D eigenvalue weighted by molar-refractivity contribution is 7.89. The maximum atomic E-state index is 13.3. The molecule has 0 saturated carbocycles. The van der Waals surface area contributed by atoms with Gasteiger partial charge < -0.3 is 14.6 Å². The number of nitrogens with one attached hydrogen (secondary N) is 1. The Kier molecular flexibility index (Phi) is 6.33. The van der Waals surface area contributed by atoms with Gasteiger partial charge in [0.05, 0.1) is 17.7 Å². The van der Waals surface area contributed by atoms with Gasteiger partial charge in [-0.1, -0.05) is 6.07 Å². The van der Waals surface area contributed by atoms with E-state index in [-0.39, 0.29) is 44.4 Å². The zero-order valence-corrected chi connectivity index (χ0v) is 18.5. The normalized spacial score (nSPS) is 15.3. The Hall–Kier alpha value is -2.65. The molecule has 2 heterocycles. The molecule has 0 atom stereocenters. The minimum Gasteiger partial charge on any atom is -0.459 e.